The number of carbonyl (C=O) groups is 1. The molecule has 1 aromatic heterocycles. The molecule has 0 amide bonds. The molecular formula is C11H9NO4. The second-order valence-corrected chi connectivity index (χ2v) is 3.65. The van der Waals surface area contributed by atoms with Gasteiger partial charge < -0.3 is 19.6 Å². The third kappa shape index (κ3) is 1.02. The van der Waals surface area contributed by atoms with Crippen LogP contribution in [0.4, 0.5) is 0 Å². The Balaban J connectivity index is 2.45. The summed E-state index contributed by atoms with van der Waals surface area (Å²) >= 11 is 0. The number of carboxylic acid groups (broad SMARTS) is 1. The Morgan fingerprint density at radius 3 is 3.00 bits per heavy atom. The summed E-state index contributed by atoms with van der Waals surface area (Å²) in [5.41, 5.74) is 1.61. The lowest BCUT2D eigenvalue weighted by molar-refractivity contribution is 0.0698. The molecule has 1 aliphatic rings. The molecule has 0 saturated carbocycles. The maximum Gasteiger partial charge on any atom is 0.338 e. The third-order valence-corrected chi connectivity index (χ3v) is 2.70. The largest absolute Gasteiger partial charge is 0.478 e. The highest BCUT2D eigenvalue weighted by atomic mass is 16.7. The van der Waals surface area contributed by atoms with Gasteiger partial charge in [0.25, 0.3) is 0 Å². The molecule has 2 aromatic rings. The summed E-state index contributed by atoms with van der Waals surface area (Å²) in [6.07, 6.45) is 0. The van der Waals surface area contributed by atoms with E-state index in [9.17, 15) is 4.79 Å². The molecule has 0 fully saturated rings. The van der Waals surface area contributed by atoms with E-state index >= 15 is 0 Å². The number of ether oxygens (including phenoxy) is 2. The summed E-state index contributed by atoms with van der Waals surface area (Å²) in [4.78, 5) is 14.2. The van der Waals surface area contributed by atoms with Gasteiger partial charge in [0.1, 0.15) is 0 Å². The monoisotopic (exact) mass is 219 g/mol. The normalized spacial score (nSPS) is 13.3. The number of carboxylic acids is 1. The molecule has 0 bridgehead atoms. The minimum atomic E-state index is -0.965. The number of aromatic amines is 1. The molecule has 0 spiro atoms. The van der Waals surface area contributed by atoms with Gasteiger partial charge in [-0.2, -0.15) is 0 Å². The van der Waals surface area contributed by atoms with E-state index in [4.69, 9.17) is 14.6 Å². The number of aromatic nitrogens is 1. The van der Waals surface area contributed by atoms with Gasteiger partial charge in [0, 0.05) is 5.69 Å². The minimum Gasteiger partial charge on any atom is -0.478 e. The lowest BCUT2D eigenvalue weighted by Gasteiger charge is -1.99. The van der Waals surface area contributed by atoms with Crippen molar-refractivity contribution in [2.24, 2.45) is 0 Å². The highest BCUT2D eigenvalue weighted by Gasteiger charge is 2.24. The van der Waals surface area contributed by atoms with E-state index in [1.165, 1.54) is 0 Å². The summed E-state index contributed by atoms with van der Waals surface area (Å²) in [5.74, 6) is 0.140. The van der Waals surface area contributed by atoms with Crippen LogP contribution in [0.2, 0.25) is 0 Å². The first kappa shape index (κ1) is 9.08. The molecule has 1 aromatic carbocycles. The van der Waals surface area contributed by atoms with Gasteiger partial charge in [0.15, 0.2) is 11.5 Å². The van der Waals surface area contributed by atoms with Crippen molar-refractivity contribution in [3.8, 4) is 11.5 Å². The quantitative estimate of drug-likeness (QED) is 0.768. The van der Waals surface area contributed by atoms with Crippen LogP contribution < -0.4 is 9.47 Å². The van der Waals surface area contributed by atoms with Crippen LogP contribution in [0.15, 0.2) is 12.1 Å². The predicted molar refractivity (Wildman–Crippen MR) is 56.1 cm³/mol. The van der Waals surface area contributed by atoms with Crippen molar-refractivity contribution >= 4 is 16.9 Å². The Morgan fingerprint density at radius 2 is 2.25 bits per heavy atom. The Morgan fingerprint density at radius 1 is 1.44 bits per heavy atom. The molecule has 0 aliphatic carbocycles. The summed E-state index contributed by atoms with van der Waals surface area (Å²) < 4.78 is 10.5. The third-order valence-electron chi connectivity index (χ3n) is 2.70. The number of benzene rings is 1. The summed E-state index contributed by atoms with van der Waals surface area (Å²) in [5, 5.41) is 9.75. The second-order valence-electron chi connectivity index (χ2n) is 3.65. The second kappa shape index (κ2) is 2.91. The van der Waals surface area contributed by atoms with Gasteiger partial charge in [-0.15, -0.1) is 0 Å². The number of fused-ring (bicyclic) bond motifs is 3. The van der Waals surface area contributed by atoms with Crippen LogP contribution >= 0.6 is 0 Å². The van der Waals surface area contributed by atoms with Gasteiger partial charge in [0.2, 0.25) is 6.79 Å². The van der Waals surface area contributed by atoms with Crippen molar-refractivity contribution in [2.75, 3.05) is 6.79 Å². The van der Waals surface area contributed by atoms with Crippen LogP contribution in [0, 0.1) is 6.92 Å². The first-order valence-corrected chi connectivity index (χ1v) is 4.82. The first-order valence-electron chi connectivity index (χ1n) is 4.82. The average Bonchev–Trinajstić information content (AvgIpc) is 2.78. The number of aromatic carboxylic acids is 1. The number of hydrogen-bond donors (Lipinski definition) is 2. The Hall–Kier alpha value is -2.17. The van der Waals surface area contributed by atoms with Crippen LogP contribution in [0.25, 0.3) is 10.9 Å². The molecule has 3 rings (SSSR count). The lowest BCUT2D eigenvalue weighted by Crippen LogP contribution is -1.98. The van der Waals surface area contributed by atoms with Crippen molar-refractivity contribution in [3.63, 3.8) is 0 Å². The van der Waals surface area contributed by atoms with Crippen LogP contribution in [0.1, 0.15) is 16.1 Å². The standard InChI is InChI=1S/C11H9NO4/c1-5-8(11(13)14)9-6(12-5)2-3-7-10(9)16-4-15-7/h2-3,12H,4H2,1H3,(H,13,14). The van der Waals surface area contributed by atoms with E-state index in [1.54, 1.807) is 19.1 Å². The van der Waals surface area contributed by atoms with Gasteiger partial charge in [-0.1, -0.05) is 0 Å². The topological polar surface area (TPSA) is 71.6 Å². The van der Waals surface area contributed by atoms with Crippen LogP contribution in [-0.2, 0) is 0 Å². The number of nitrogens with one attached hydrogen (secondary N) is 1. The highest BCUT2D eigenvalue weighted by Crippen LogP contribution is 2.41. The first-order chi connectivity index (χ1) is 7.68. The van der Waals surface area contributed by atoms with Crippen LogP contribution in [0.5, 0.6) is 11.5 Å². The lowest BCUT2D eigenvalue weighted by atomic mass is 10.1. The molecule has 5 nitrogen and oxygen atoms in total. The van der Waals surface area contributed by atoms with Crippen molar-refractivity contribution in [1.82, 2.24) is 4.98 Å². The number of H-pyrrole nitrogens is 1. The average molecular weight is 219 g/mol. The van der Waals surface area contributed by atoms with E-state index in [-0.39, 0.29) is 12.4 Å². The zero-order valence-corrected chi connectivity index (χ0v) is 8.53. The van der Waals surface area contributed by atoms with Crippen molar-refractivity contribution < 1.29 is 19.4 Å². The summed E-state index contributed by atoms with van der Waals surface area (Å²) in [7, 11) is 0. The Labute approximate surface area is 90.6 Å². The molecule has 0 unspecified atom stereocenters. The number of aryl methyl sites for hydroxylation is 1. The molecule has 2 heterocycles. The molecule has 0 saturated heterocycles. The van der Waals surface area contributed by atoms with Crippen LogP contribution in [0.3, 0.4) is 0 Å². The fourth-order valence-electron chi connectivity index (χ4n) is 2.04. The van der Waals surface area contributed by atoms with E-state index < -0.39 is 5.97 Å². The number of hydrogen-bond acceptors (Lipinski definition) is 3. The van der Waals surface area contributed by atoms with Crippen molar-refractivity contribution in [3.05, 3.63) is 23.4 Å². The molecule has 0 radical (unpaired) electrons. The van der Waals surface area contributed by atoms with Crippen molar-refractivity contribution in [1.29, 1.82) is 0 Å². The fourth-order valence-corrected chi connectivity index (χ4v) is 2.04. The Kier molecular flexibility index (Phi) is 1.65. The summed E-state index contributed by atoms with van der Waals surface area (Å²) in [6.45, 7) is 1.86. The van der Waals surface area contributed by atoms with Gasteiger partial charge in [-0.25, -0.2) is 4.79 Å². The maximum atomic E-state index is 11.2. The van der Waals surface area contributed by atoms with Crippen LogP contribution in [-0.4, -0.2) is 22.9 Å². The number of rotatable bonds is 1. The fraction of sp³-hybridized carbons (Fsp3) is 0.182. The van der Waals surface area contributed by atoms with Gasteiger partial charge >= 0.3 is 5.97 Å². The maximum absolute atomic E-state index is 11.2. The van der Waals surface area contributed by atoms with Crippen molar-refractivity contribution in [2.45, 2.75) is 6.92 Å². The molecule has 82 valence electrons. The predicted octanol–water partition coefficient (Wildman–Crippen LogP) is 1.90. The molecule has 0 atom stereocenters. The smallest absolute Gasteiger partial charge is 0.338 e. The van der Waals surface area contributed by atoms with Gasteiger partial charge in [-0.05, 0) is 19.1 Å². The van der Waals surface area contributed by atoms with E-state index in [0.717, 1.165) is 5.52 Å². The molecule has 1 aliphatic heterocycles. The summed E-state index contributed by atoms with van der Waals surface area (Å²) in [6, 6.07) is 3.56. The molecule has 2 N–H and O–H groups in total. The van der Waals surface area contributed by atoms with E-state index in [1.807, 2.05) is 0 Å². The molecule has 16 heavy (non-hydrogen) atoms. The zero-order chi connectivity index (χ0) is 11.3. The molecular weight excluding hydrogens is 210 g/mol. The Bertz CT molecular complexity index is 600. The SMILES string of the molecule is Cc1[nH]c2ccc3c(c2c1C(=O)O)OCO3. The molecule has 5 heteroatoms. The van der Waals surface area contributed by atoms with Gasteiger partial charge in [-0.3, -0.25) is 0 Å². The van der Waals surface area contributed by atoms with E-state index in [2.05, 4.69) is 4.98 Å². The minimum absolute atomic E-state index is 0.137. The highest BCUT2D eigenvalue weighted by molar-refractivity contribution is 6.08. The zero-order valence-electron chi connectivity index (χ0n) is 8.53. The van der Waals surface area contributed by atoms with E-state index in [0.29, 0.717) is 22.6 Å². The van der Waals surface area contributed by atoms with Gasteiger partial charge in [0.05, 0.1) is 16.5 Å².